The summed E-state index contributed by atoms with van der Waals surface area (Å²) in [6, 6.07) is 15.5. The Hall–Kier alpha value is -2.38. The van der Waals surface area contributed by atoms with Crippen molar-refractivity contribution < 1.29 is 9.53 Å². The molecule has 5 nitrogen and oxygen atoms in total. The first-order valence-electron chi connectivity index (χ1n) is 7.61. The first-order valence-corrected chi connectivity index (χ1v) is 9.42. The topological polar surface area (TPSA) is 63.6 Å². The van der Waals surface area contributed by atoms with Crippen LogP contribution in [0.4, 0.5) is 0 Å². The normalized spacial score (nSPS) is 11.5. The van der Waals surface area contributed by atoms with Gasteiger partial charge in [-0.3, -0.25) is 4.79 Å². The molecule has 0 unspecified atom stereocenters. The summed E-state index contributed by atoms with van der Waals surface area (Å²) in [5.41, 5.74) is 5.17. The van der Waals surface area contributed by atoms with Crippen LogP contribution in [-0.2, 0) is 4.79 Å². The largest absolute Gasteiger partial charge is 0.497 e. The molecule has 0 saturated carbocycles. The van der Waals surface area contributed by atoms with Gasteiger partial charge in [-0.2, -0.15) is 5.10 Å². The summed E-state index contributed by atoms with van der Waals surface area (Å²) < 4.78 is 7.19. The van der Waals surface area contributed by atoms with Crippen molar-refractivity contribution in [3.63, 3.8) is 0 Å². The van der Waals surface area contributed by atoms with E-state index in [2.05, 4.69) is 15.5 Å². The molecular formula is C18H17N3O2S2. The molecule has 128 valence electrons. The van der Waals surface area contributed by atoms with Gasteiger partial charge in [-0.1, -0.05) is 36.0 Å². The Morgan fingerprint density at radius 2 is 2.12 bits per heavy atom. The first kappa shape index (κ1) is 17.4. The second-order valence-electron chi connectivity index (χ2n) is 5.20. The Bertz CT molecular complexity index is 888. The van der Waals surface area contributed by atoms with Crippen LogP contribution in [0.3, 0.4) is 0 Å². The van der Waals surface area contributed by atoms with Gasteiger partial charge in [0.25, 0.3) is 5.91 Å². The number of hydrogen-bond donors (Lipinski definition) is 1. The minimum absolute atomic E-state index is 0.161. The number of nitrogens with zero attached hydrogens (tertiary/aromatic N) is 2. The Balaban J connectivity index is 1.56. The molecule has 0 atom stereocenters. The molecule has 0 saturated heterocycles. The molecule has 1 amide bonds. The average Bonchev–Trinajstić information content (AvgIpc) is 3.07. The number of carbonyl (C=O) groups is 1. The third-order valence-electron chi connectivity index (χ3n) is 3.44. The third kappa shape index (κ3) is 4.58. The zero-order valence-electron chi connectivity index (χ0n) is 13.9. The number of thiazole rings is 1. The van der Waals surface area contributed by atoms with Crippen LogP contribution in [0, 0.1) is 0 Å². The molecule has 2 aromatic carbocycles. The molecule has 0 aliphatic rings. The lowest BCUT2D eigenvalue weighted by atomic mass is 10.1. The minimum Gasteiger partial charge on any atom is -0.497 e. The summed E-state index contributed by atoms with van der Waals surface area (Å²) in [6.45, 7) is 1.84. The van der Waals surface area contributed by atoms with E-state index < -0.39 is 0 Å². The maximum Gasteiger partial charge on any atom is 0.250 e. The fraction of sp³-hybridized carbons (Fsp3) is 0.167. The maximum absolute atomic E-state index is 12.0. The number of thioether (sulfide) groups is 1. The monoisotopic (exact) mass is 371 g/mol. The summed E-state index contributed by atoms with van der Waals surface area (Å²) >= 11 is 3.00. The van der Waals surface area contributed by atoms with Crippen LogP contribution < -0.4 is 10.2 Å². The highest BCUT2D eigenvalue weighted by Gasteiger charge is 2.07. The summed E-state index contributed by atoms with van der Waals surface area (Å²) in [5, 5.41) is 4.16. The Morgan fingerprint density at radius 1 is 1.28 bits per heavy atom. The van der Waals surface area contributed by atoms with E-state index in [0.29, 0.717) is 0 Å². The van der Waals surface area contributed by atoms with Crippen LogP contribution >= 0.6 is 23.1 Å². The average molecular weight is 371 g/mol. The van der Waals surface area contributed by atoms with E-state index in [4.69, 9.17) is 4.74 Å². The molecule has 0 fully saturated rings. The van der Waals surface area contributed by atoms with Crippen molar-refractivity contribution in [2.45, 2.75) is 11.3 Å². The van der Waals surface area contributed by atoms with Crippen molar-refractivity contribution in [3.8, 4) is 5.75 Å². The van der Waals surface area contributed by atoms with Crippen molar-refractivity contribution in [1.29, 1.82) is 0 Å². The van der Waals surface area contributed by atoms with Gasteiger partial charge >= 0.3 is 0 Å². The van der Waals surface area contributed by atoms with E-state index in [1.165, 1.54) is 11.8 Å². The predicted octanol–water partition coefficient (Wildman–Crippen LogP) is 3.94. The zero-order chi connectivity index (χ0) is 17.6. The molecule has 0 aliphatic carbocycles. The van der Waals surface area contributed by atoms with Crippen LogP contribution in [-0.4, -0.2) is 29.5 Å². The van der Waals surface area contributed by atoms with Gasteiger partial charge < -0.3 is 4.74 Å². The van der Waals surface area contributed by atoms with E-state index >= 15 is 0 Å². The van der Waals surface area contributed by atoms with Crippen LogP contribution in [0.15, 0.2) is 58.0 Å². The fourth-order valence-corrected chi connectivity index (χ4v) is 3.99. The molecule has 0 aliphatic heterocycles. The molecule has 7 heteroatoms. The lowest BCUT2D eigenvalue weighted by Gasteiger charge is -2.04. The van der Waals surface area contributed by atoms with E-state index in [1.807, 2.05) is 55.5 Å². The lowest BCUT2D eigenvalue weighted by Crippen LogP contribution is -2.21. The Labute approximate surface area is 154 Å². The standard InChI is InChI=1S/C18H17N3O2S2/c1-12(13-6-5-7-14(10-13)23-2)20-21-17(22)11-24-18-19-15-8-3-4-9-16(15)25-18/h3-10H,11H2,1-2H3,(H,21,22)/b20-12+. The third-order valence-corrected chi connectivity index (χ3v) is 5.62. The first-order chi connectivity index (χ1) is 12.2. The lowest BCUT2D eigenvalue weighted by molar-refractivity contribution is -0.118. The van der Waals surface area contributed by atoms with Gasteiger partial charge in [0.2, 0.25) is 0 Å². The zero-order valence-corrected chi connectivity index (χ0v) is 15.5. The van der Waals surface area contributed by atoms with Crippen molar-refractivity contribution in [2.24, 2.45) is 5.10 Å². The fourth-order valence-electron chi connectivity index (χ4n) is 2.13. The Kier molecular flexibility index (Phi) is 5.67. The smallest absolute Gasteiger partial charge is 0.250 e. The Morgan fingerprint density at radius 3 is 2.92 bits per heavy atom. The van der Waals surface area contributed by atoms with Crippen LogP contribution in [0.25, 0.3) is 10.2 Å². The molecule has 1 aromatic heterocycles. The van der Waals surface area contributed by atoms with Crippen molar-refractivity contribution >= 4 is 44.9 Å². The minimum atomic E-state index is -0.161. The van der Waals surface area contributed by atoms with Gasteiger partial charge in [-0.25, -0.2) is 10.4 Å². The van der Waals surface area contributed by atoms with E-state index in [1.54, 1.807) is 18.4 Å². The molecule has 25 heavy (non-hydrogen) atoms. The number of hydrogen-bond acceptors (Lipinski definition) is 6. The van der Waals surface area contributed by atoms with Gasteiger partial charge in [-0.15, -0.1) is 11.3 Å². The highest BCUT2D eigenvalue weighted by molar-refractivity contribution is 8.01. The molecule has 3 rings (SSSR count). The summed E-state index contributed by atoms with van der Waals surface area (Å²) in [4.78, 5) is 16.5. The number of ether oxygens (including phenoxy) is 1. The van der Waals surface area contributed by atoms with Gasteiger partial charge in [0.05, 0.1) is 28.8 Å². The van der Waals surface area contributed by atoms with Gasteiger partial charge in [-0.05, 0) is 31.2 Å². The number of benzene rings is 2. The summed E-state index contributed by atoms with van der Waals surface area (Å²) in [6.07, 6.45) is 0. The SMILES string of the molecule is COc1cccc(/C(C)=N/NC(=O)CSc2nc3ccccc3s2)c1. The molecule has 0 bridgehead atoms. The number of aromatic nitrogens is 1. The van der Waals surface area contributed by atoms with Crippen LogP contribution in [0.1, 0.15) is 12.5 Å². The number of carbonyl (C=O) groups excluding carboxylic acids is 1. The van der Waals surface area contributed by atoms with E-state index in [0.717, 1.165) is 31.6 Å². The van der Waals surface area contributed by atoms with Crippen molar-refractivity contribution in [2.75, 3.05) is 12.9 Å². The molecule has 1 N–H and O–H groups in total. The molecule has 1 heterocycles. The van der Waals surface area contributed by atoms with Gasteiger partial charge in [0.1, 0.15) is 5.75 Å². The highest BCUT2D eigenvalue weighted by atomic mass is 32.2. The second-order valence-corrected chi connectivity index (χ2v) is 7.45. The van der Waals surface area contributed by atoms with Crippen LogP contribution in [0.5, 0.6) is 5.75 Å². The number of fused-ring (bicyclic) bond motifs is 1. The number of hydrazone groups is 1. The quantitative estimate of drug-likeness (QED) is 0.405. The molecular weight excluding hydrogens is 354 g/mol. The summed E-state index contributed by atoms with van der Waals surface area (Å²) in [7, 11) is 1.62. The van der Waals surface area contributed by atoms with Crippen LogP contribution in [0.2, 0.25) is 0 Å². The van der Waals surface area contributed by atoms with E-state index in [-0.39, 0.29) is 11.7 Å². The molecule has 3 aromatic rings. The molecule has 0 spiro atoms. The number of amides is 1. The molecule has 0 radical (unpaired) electrons. The van der Waals surface area contributed by atoms with Gasteiger partial charge in [0, 0.05) is 5.56 Å². The highest BCUT2D eigenvalue weighted by Crippen LogP contribution is 2.29. The van der Waals surface area contributed by atoms with Crippen molar-refractivity contribution in [1.82, 2.24) is 10.4 Å². The second kappa shape index (κ2) is 8.13. The number of nitrogens with one attached hydrogen (secondary N) is 1. The van der Waals surface area contributed by atoms with E-state index in [9.17, 15) is 4.79 Å². The van der Waals surface area contributed by atoms with Crippen molar-refractivity contribution in [3.05, 3.63) is 54.1 Å². The number of methoxy groups -OCH3 is 1. The maximum atomic E-state index is 12.0. The number of rotatable bonds is 6. The number of para-hydroxylation sites is 1. The predicted molar refractivity (Wildman–Crippen MR) is 104 cm³/mol. The van der Waals surface area contributed by atoms with Gasteiger partial charge in [0.15, 0.2) is 4.34 Å². The summed E-state index contributed by atoms with van der Waals surface area (Å²) in [5.74, 6) is 0.866.